The molecule has 0 aliphatic heterocycles. The second-order valence-corrected chi connectivity index (χ2v) is 4.64. The summed E-state index contributed by atoms with van der Waals surface area (Å²) in [4.78, 5) is 0. The van der Waals surface area contributed by atoms with Gasteiger partial charge in [0.05, 0.1) is 19.3 Å². The molecule has 2 nitrogen and oxygen atoms in total. The molecule has 0 saturated heterocycles. The van der Waals surface area contributed by atoms with E-state index >= 15 is 0 Å². The molecule has 0 radical (unpaired) electrons. The Morgan fingerprint density at radius 2 is 2.12 bits per heavy atom. The average Bonchev–Trinajstić information content (AvgIpc) is 3.09. The third-order valence-corrected chi connectivity index (χ3v) is 3.33. The molecule has 0 unspecified atom stereocenters. The van der Waals surface area contributed by atoms with Crippen LogP contribution in [0.3, 0.4) is 0 Å². The van der Waals surface area contributed by atoms with Crippen LogP contribution in [0.5, 0.6) is 0 Å². The second kappa shape index (κ2) is 5.46. The van der Waals surface area contributed by atoms with Crippen LogP contribution in [-0.4, -0.2) is 17.8 Å². The van der Waals surface area contributed by atoms with Crippen LogP contribution in [0.1, 0.15) is 25.3 Å². The predicted molar refractivity (Wildman–Crippen MR) is 64.0 cm³/mol. The Morgan fingerprint density at radius 3 is 2.81 bits per heavy atom. The topological polar surface area (TPSA) is 29.5 Å². The number of benzene rings is 1. The lowest BCUT2D eigenvalue weighted by Crippen LogP contribution is -2.10. The zero-order valence-electron chi connectivity index (χ0n) is 9.80. The zero-order chi connectivity index (χ0) is 11.4. The van der Waals surface area contributed by atoms with Crippen molar-refractivity contribution in [3.63, 3.8) is 0 Å². The Kier molecular flexibility index (Phi) is 3.97. The minimum absolute atomic E-state index is 0.120. The lowest BCUT2D eigenvalue weighted by molar-refractivity contribution is 0.0890. The summed E-state index contributed by atoms with van der Waals surface area (Å²) in [6.45, 7) is 3.51. The van der Waals surface area contributed by atoms with Gasteiger partial charge in [-0.3, -0.25) is 0 Å². The van der Waals surface area contributed by atoms with Gasteiger partial charge in [0.1, 0.15) is 0 Å². The molecule has 1 aliphatic rings. The first-order valence-electron chi connectivity index (χ1n) is 6.11. The van der Waals surface area contributed by atoms with Gasteiger partial charge in [-0.2, -0.15) is 0 Å². The molecule has 1 saturated carbocycles. The van der Waals surface area contributed by atoms with Crippen molar-refractivity contribution in [1.82, 2.24) is 0 Å². The highest BCUT2D eigenvalue weighted by Crippen LogP contribution is 2.42. The summed E-state index contributed by atoms with van der Waals surface area (Å²) in [5.74, 6) is 1.07. The van der Waals surface area contributed by atoms with Crippen molar-refractivity contribution in [3.8, 4) is 0 Å². The van der Waals surface area contributed by atoms with Crippen molar-refractivity contribution in [2.75, 3.05) is 6.61 Å². The van der Waals surface area contributed by atoms with Crippen LogP contribution in [0.15, 0.2) is 30.3 Å². The van der Waals surface area contributed by atoms with Crippen molar-refractivity contribution < 1.29 is 9.84 Å². The van der Waals surface area contributed by atoms with E-state index in [9.17, 15) is 5.11 Å². The Hall–Kier alpha value is -0.860. The quantitative estimate of drug-likeness (QED) is 0.798. The maximum absolute atomic E-state index is 9.63. The van der Waals surface area contributed by atoms with Gasteiger partial charge < -0.3 is 9.84 Å². The van der Waals surface area contributed by atoms with Gasteiger partial charge in [-0.25, -0.2) is 0 Å². The highest BCUT2D eigenvalue weighted by Gasteiger charge is 2.41. The van der Waals surface area contributed by atoms with Crippen LogP contribution in [0, 0.1) is 11.8 Å². The molecule has 0 bridgehead atoms. The standard InChI is InChI=1S/C14H20O2/c1-2-14(15)13-8-12(13)10-16-9-11-6-4-3-5-7-11/h3-7,12-15H,2,8-10H2,1H3/t12-,13-,14-/m0/s1. The molecule has 88 valence electrons. The summed E-state index contributed by atoms with van der Waals surface area (Å²) in [6.07, 6.45) is 1.87. The van der Waals surface area contributed by atoms with Crippen molar-refractivity contribution in [3.05, 3.63) is 35.9 Å². The highest BCUT2D eigenvalue weighted by molar-refractivity contribution is 5.13. The fourth-order valence-corrected chi connectivity index (χ4v) is 2.14. The van der Waals surface area contributed by atoms with E-state index in [4.69, 9.17) is 4.74 Å². The monoisotopic (exact) mass is 220 g/mol. The Bertz CT molecular complexity index is 310. The van der Waals surface area contributed by atoms with E-state index in [1.54, 1.807) is 0 Å². The number of hydrogen-bond acceptors (Lipinski definition) is 2. The first kappa shape index (κ1) is 11.6. The largest absolute Gasteiger partial charge is 0.393 e. The van der Waals surface area contributed by atoms with Crippen LogP contribution in [0.25, 0.3) is 0 Å². The summed E-state index contributed by atoms with van der Waals surface area (Å²) < 4.78 is 5.66. The molecular formula is C14H20O2. The molecule has 0 amide bonds. The summed E-state index contributed by atoms with van der Waals surface area (Å²) in [5.41, 5.74) is 1.22. The van der Waals surface area contributed by atoms with Crippen molar-refractivity contribution in [1.29, 1.82) is 0 Å². The molecule has 1 aliphatic carbocycles. The molecule has 1 aromatic rings. The van der Waals surface area contributed by atoms with Crippen molar-refractivity contribution >= 4 is 0 Å². The third kappa shape index (κ3) is 3.06. The molecule has 0 spiro atoms. The molecule has 1 aromatic carbocycles. The molecule has 16 heavy (non-hydrogen) atoms. The zero-order valence-corrected chi connectivity index (χ0v) is 9.80. The number of hydrogen-bond donors (Lipinski definition) is 1. The lowest BCUT2D eigenvalue weighted by atomic mass is 10.1. The number of ether oxygens (including phenoxy) is 1. The van der Waals surface area contributed by atoms with Gasteiger partial charge in [-0.1, -0.05) is 37.3 Å². The number of aliphatic hydroxyl groups excluding tert-OH is 1. The lowest BCUT2D eigenvalue weighted by Gasteiger charge is -2.07. The molecule has 3 atom stereocenters. The average molecular weight is 220 g/mol. The maximum atomic E-state index is 9.63. The SMILES string of the molecule is CC[C@H](O)[C@H]1C[C@H]1COCc1ccccc1. The number of aliphatic hydroxyl groups is 1. The van der Waals surface area contributed by atoms with Gasteiger partial charge >= 0.3 is 0 Å². The van der Waals surface area contributed by atoms with Gasteiger partial charge in [-0.15, -0.1) is 0 Å². The van der Waals surface area contributed by atoms with Gasteiger partial charge in [0.2, 0.25) is 0 Å². The molecule has 1 fully saturated rings. The molecule has 2 heteroatoms. The number of rotatable bonds is 6. The minimum atomic E-state index is -0.120. The highest BCUT2D eigenvalue weighted by atomic mass is 16.5. The minimum Gasteiger partial charge on any atom is -0.393 e. The normalized spacial score (nSPS) is 25.4. The van der Waals surface area contributed by atoms with Crippen LogP contribution in [0.2, 0.25) is 0 Å². The molecular weight excluding hydrogens is 200 g/mol. The van der Waals surface area contributed by atoms with Gasteiger partial charge in [0, 0.05) is 0 Å². The van der Waals surface area contributed by atoms with Crippen LogP contribution in [-0.2, 0) is 11.3 Å². The molecule has 0 aromatic heterocycles. The summed E-state index contributed by atoms with van der Waals surface area (Å²) in [6, 6.07) is 10.2. The molecule has 2 rings (SSSR count). The van der Waals surface area contributed by atoms with E-state index in [1.807, 2.05) is 25.1 Å². The Balaban J connectivity index is 1.64. The molecule has 0 heterocycles. The fraction of sp³-hybridized carbons (Fsp3) is 0.571. The first-order chi connectivity index (χ1) is 7.81. The van der Waals surface area contributed by atoms with E-state index in [1.165, 1.54) is 5.56 Å². The van der Waals surface area contributed by atoms with E-state index < -0.39 is 0 Å². The van der Waals surface area contributed by atoms with E-state index in [-0.39, 0.29) is 6.10 Å². The molecule has 1 N–H and O–H groups in total. The van der Waals surface area contributed by atoms with Crippen LogP contribution in [0.4, 0.5) is 0 Å². The smallest absolute Gasteiger partial charge is 0.0717 e. The van der Waals surface area contributed by atoms with Crippen molar-refractivity contribution in [2.45, 2.75) is 32.5 Å². The predicted octanol–water partition coefficient (Wildman–Crippen LogP) is 2.61. The third-order valence-electron chi connectivity index (χ3n) is 3.33. The summed E-state index contributed by atoms with van der Waals surface area (Å²) in [5, 5.41) is 9.63. The maximum Gasteiger partial charge on any atom is 0.0717 e. The van der Waals surface area contributed by atoms with E-state index in [0.29, 0.717) is 18.4 Å². The Labute approximate surface area is 97.3 Å². The Morgan fingerprint density at radius 1 is 1.38 bits per heavy atom. The van der Waals surface area contributed by atoms with E-state index in [2.05, 4.69) is 12.1 Å². The van der Waals surface area contributed by atoms with Crippen LogP contribution < -0.4 is 0 Å². The van der Waals surface area contributed by atoms with Gasteiger partial charge in [-0.05, 0) is 30.2 Å². The van der Waals surface area contributed by atoms with Crippen molar-refractivity contribution in [2.24, 2.45) is 11.8 Å². The van der Waals surface area contributed by atoms with Gasteiger partial charge in [0.25, 0.3) is 0 Å². The fourth-order valence-electron chi connectivity index (χ4n) is 2.14. The summed E-state index contributed by atoms with van der Waals surface area (Å²) in [7, 11) is 0. The van der Waals surface area contributed by atoms with Crippen LogP contribution >= 0.6 is 0 Å². The van der Waals surface area contributed by atoms with E-state index in [0.717, 1.165) is 19.4 Å². The second-order valence-electron chi connectivity index (χ2n) is 4.64. The van der Waals surface area contributed by atoms with Gasteiger partial charge in [0.15, 0.2) is 0 Å². The first-order valence-corrected chi connectivity index (χ1v) is 6.11. The summed E-state index contributed by atoms with van der Waals surface area (Å²) >= 11 is 0.